The summed E-state index contributed by atoms with van der Waals surface area (Å²) >= 11 is 0. The van der Waals surface area contributed by atoms with E-state index >= 15 is 0 Å². The fourth-order valence-electron chi connectivity index (χ4n) is 3.56. The molecule has 0 amide bonds. The Kier molecular flexibility index (Phi) is 4.49. The van der Waals surface area contributed by atoms with Crippen LogP contribution in [0.4, 0.5) is 0 Å². The van der Waals surface area contributed by atoms with Crippen molar-refractivity contribution >= 4 is 0 Å². The van der Waals surface area contributed by atoms with E-state index in [1.165, 1.54) is 5.56 Å². The van der Waals surface area contributed by atoms with Crippen molar-refractivity contribution in [3.63, 3.8) is 0 Å². The second kappa shape index (κ2) is 5.77. The van der Waals surface area contributed by atoms with Gasteiger partial charge in [0.15, 0.2) is 17.8 Å². The normalized spacial score (nSPS) is 21.0. The van der Waals surface area contributed by atoms with Gasteiger partial charge in [-0.25, -0.2) is 0 Å². The molecular formula is C19H30O3. The van der Waals surface area contributed by atoms with Crippen LogP contribution in [0.15, 0.2) is 12.1 Å². The summed E-state index contributed by atoms with van der Waals surface area (Å²) in [6, 6.07) is 3.79. The SMILES string of the molecule is CCOC(C)Oc1c(O)ccc2c1C(C)(C)C2CC(C)(C)C. The highest BCUT2D eigenvalue weighted by Gasteiger charge is 2.48. The molecule has 0 spiro atoms. The molecular weight excluding hydrogens is 276 g/mol. The van der Waals surface area contributed by atoms with Crippen molar-refractivity contribution in [2.24, 2.45) is 5.41 Å². The maximum Gasteiger partial charge on any atom is 0.197 e. The van der Waals surface area contributed by atoms with Crippen LogP contribution >= 0.6 is 0 Å². The molecule has 0 bridgehead atoms. The number of aromatic hydroxyl groups is 1. The Labute approximate surface area is 134 Å². The Morgan fingerprint density at radius 3 is 2.45 bits per heavy atom. The van der Waals surface area contributed by atoms with Crippen LogP contribution in [0.5, 0.6) is 11.5 Å². The minimum absolute atomic E-state index is 0.00260. The van der Waals surface area contributed by atoms with Gasteiger partial charge in [-0.15, -0.1) is 0 Å². The molecule has 1 aromatic rings. The Balaban J connectivity index is 2.36. The zero-order chi connectivity index (χ0) is 16.7. The summed E-state index contributed by atoms with van der Waals surface area (Å²) in [5.74, 6) is 1.29. The van der Waals surface area contributed by atoms with E-state index in [9.17, 15) is 5.11 Å². The maximum absolute atomic E-state index is 10.2. The lowest BCUT2D eigenvalue weighted by Gasteiger charge is -2.50. The highest BCUT2D eigenvalue weighted by atomic mass is 16.7. The van der Waals surface area contributed by atoms with Gasteiger partial charge in [0.25, 0.3) is 0 Å². The van der Waals surface area contributed by atoms with Crippen LogP contribution in [0.3, 0.4) is 0 Å². The van der Waals surface area contributed by atoms with Gasteiger partial charge in [0.05, 0.1) is 0 Å². The van der Waals surface area contributed by atoms with Crippen LogP contribution in [-0.4, -0.2) is 18.0 Å². The summed E-state index contributed by atoms with van der Waals surface area (Å²) in [5, 5.41) is 10.2. The number of ether oxygens (including phenoxy) is 2. The standard InChI is InChI=1S/C19H30O3/c1-8-21-12(2)22-17-15(20)10-9-13-14(11-18(3,4)5)19(6,7)16(13)17/h9-10,12,14,20H,8,11H2,1-7H3. The summed E-state index contributed by atoms with van der Waals surface area (Å²) in [5.41, 5.74) is 2.71. The molecule has 1 aliphatic carbocycles. The minimum Gasteiger partial charge on any atom is -0.504 e. The largest absolute Gasteiger partial charge is 0.504 e. The molecule has 22 heavy (non-hydrogen) atoms. The van der Waals surface area contributed by atoms with Crippen molar-refractivity contribution in [2.45, 2.75) is 72.5 Å². The second-order valence-corrected chi connectivity index (χ2v) is 8.06. The first-order valence-electron chi connectivity index (χ1n) is 8.22. The van der Waals surface area contributed by atoms with Crippen molar-refractivity contribution in [1.82, 2.24) is 0 Å². The number of hydrogen-bond acceptors (Lipinski definition) is 3. The van der Waals surface area contributed by atoms with E-state index in [-0.39, 0.29) is 22.9 Å². The van der Waals surface area contributed by atoms with Gasteiger partial charge in [-0.1, -0.05) is 40.7 Å². The molecule has 1 N–H and O–H groups in total. The van der Waals surface area contributed by atoms with Crippen LogP contribution in [0.1, 0.15) is 71.9 Å². The first-order valence-corrected chi connectivity index (χ1v) is 8.22. The number of rotatable bonds is 5. The van der Waals surface area contributed by atoms with Crippen LogP contribution in [0.25, 0.3) is 0 Å². The summed E-state index contributed by atoms with van der Waals surface area (Å²) in [6.45, 7) is 15.7. The molecule has 0 fully saturated rings. The van der Waals surface area contributed by atoms with Crippen molar-refractivity contribution in [2.75, 3.05) is 6.61 Å². The third kappa shape index (κ3) is 3.10. The Morgan fingerprint density at radius 1 is 1.27 bits per heavy atom. The van der Waals surface area contributed by atoms with E-state index in [0.29, 0.717) is 18.3 Å². The third-order valence-corrected chi connectivity index (χ3v) is 4.56. The minimum atomic E-state index is -0.361. The molecule has 0 aromatic heterocycles. The molecule has 124 valence electrons. The summed E-state index contributed by atoms with van der Waals surface area (Å²) in [4.78, 5) is 0. The van der Waals surface area contributed by atoms with E-state index < -0.39 is 0 Å². The van der Waals surface area contributed by atoms with Crippen LogP contribution in [0.2, 0.25) is 0 Å². The predicted octanol–water partition coefficient (Wildman–Crippen LogP) is 4.96. The summed E-state index contributed by atoms with van der Waals surface area (Å²) < 4.78 is 11.4. The first-order chi connectivity index (χ1) is 10.1. The molecule has 0 saturated carbocycles. The number of phenols is 1. The highest BCUT2D eigenvalue weighted by molar-refractivity contribution is 5.61. The molecule has 0 radical (unpaired) electrons. The lowest BCUT2D eigenvalue weighted by molar-refractivity contribution is -0.0639. The highest BCUT2D eigenvalue weighted by Crippen LogP contribution is 2.60. The van der Waals surface area contributed by atoms with Gasteiger partial charge < -0.3 is 14.6 Å². The Bertz CT molecular complexity index is 540. The molecule has 1 aliphatic rings. The molecule has 2 atom stereocenters. The number of phenolic OH excluding ortho intramolecular Hbond substituents is 1. The van der Waals surface area contributed by atoms with Gasteiger partial charge in [-0.05, 0) is 43.2 Å². The molecule has 0 heterocycles. The van der Waals surface area contributed by atoms with Gasteiger partial charge in [-0.2, -0.15) is 0 Å². The van der Waals surface area contributed by atoms with Gasteiger partial charge in [0.2, 0.25) is 0 Å². The van der Waals surface area contributed by atoms with E-state index in [0.717, 1.165) is 12.0 Å². The average Bonchev–Trinajstić information content (AvgIpc) is 2.37. The lowest BCUT2D eigenvalue weighted by atomic mass is 9.54. The third-order valence-electron chi connectivity index (χ3n) is 4.56. The number of benzene rings is 1. The maximum atomic E-state index is 10.2. The molecule has 2 unspecified atom stereocenters. The topological polar surface area (TPSA) is 38.7 Å². The monoisotopic (exact) mass is 306 g/mol. The van der Waals surface area contributed by atoms with Crippen LogP contribution in [0, 0.1) is 5.41 Å². The Hall–Kier alpha value is -1.22. The lowest BCUT2D eigenvalue weighted by Crippen LogP contribution is -2.41. The Morgan fingerprint density at radius 2 is 1.91 bits per heavy atom. The summed E-state index contributed by atoms with van der Waals surface area (Å²) in [6.07, 6.45) is 0.762. The fourth-order valence-corrected chi connectivity index (χ4v) is 3.56. The van der Waals surface area contributed by atoms with E-state index in [2.05, 4.69) is 34.6 Å². The van der Waals surface area contributed by atoms with Gasteiger partial charge in [0, 0.05) is 17.6 Å². The molecule has 0 saturated heterocycles. The van der Waals surface area contributed by atoms with E-state index in [1.807, 2.05) is 19.9 Å². The van der Waals surface area contributed by atoms with E-state index in [1.54, 1.807) is 6.07 Å². The van der Waals surface area contributed by atoms with Gasteiger partial charge in [0.1, 0.15) is 0 Å². The fraction of sp³-hybridized carbons (Fsp3) is 0.684. The quantitative estimate of drug-likeness (QED) is 0.781. The van der Waals surface area contributed by atoms with Crippen LogP contribution in [-0.2, 0) is 10.2 Å². The molecule has 1 aromatic carbocycles. The van der Waals surface area contributed by atoms with Gasteiger partial charge >= 0.3 is 0 Å². The van der Waals surface area contributed by atoms with Crippen molar-refractivity contribution in [3.05, 3.63) is 23.3 Å². The van der Waals surface area contributed by atoms with E-state index in [4.69, 9.17) is 9.47 Å². The number of fused-ring (bicyclic) bond motifs is 1. The van der Waals surface area contributed by atoms with Crippen molar-refractivity contribution < 1.29 is 14.6 Å². The van der Waals surface area contributed by atoms with Crippen molar-refractivity contribution in [3.8, 4) is 11.5 Å². The van der Waals surface area contributed by atoms with Crippen molar-refractivity contribution in [1.29, 1.82) is 0 Å². The summed E-state index contributed by atoms with van der Waals surface area (Å²) in [7, 11) is 0. The average molecular weight is 306 g/mol. The zero-order valence-corrected chi connectivity index (χ0v) is 15.0. The predicted molar refractivity (Wildman–Crippen MR) is 89.7 cm³/mol. The molecule has 3 heteroatoms. The van der Waals surface area contributed by atoms with Gasteiger partial charge in [-0.3, -0.25) is 0 Å². The molecule has 2 rings (SSSR count). The second-order valence-electron chi connectivity index (χ2n) is 8.06. The van der Waals surface area contributed by atoms with Crippen LogP contribution < -0.4 is 4.74 Å². The molecule has 0 aliphatic heterocycles. The first kappa shape index (κ1) is 17.1. The molecule has 3 nitrogen and oxygen atoms in total. The smallest absolute Gasteiger partial charge is 0.197 e. The number of hydrogen-bond donors (Lipinski definition) is 1. The zero-order valence-electron chi connectivity index (χ0n) is 15.0.